The number of halogens is 2. The minimum Gasteiger partial charge on any atom is -0.481 e. The van der Waals surface area contributed by atoms with Crippen molar-refractivity contribution < 1.29 is 14.7 Å². The Balaban J connectivity index is 2.14. The van der Waals surface area contributed by atoms with Crippen LogP contribution in [0.1, 0.15) is 42.5 Å². The van der Waals surface area contributed by atoms with E-state index in [2.05, 4.69) is 21.2 Å². The lowest BCUT2D eigenvalue weighted by atomic mass is 9.94. The van der Waals surface area contributed by atoms with Gasteiger partial charge in [0.1, 0.15) is 0 Å². The first kappa shape index (κ1) is 16.3. The van der Waals surface area contributed by atoms with Gasteiger partial charge in [0.05, 0.1) is 11.5 Å². The molecule has 2 atom stereocenters. The molecule has 0 aromatic heterocycles. The Morgan fingerprint density at radius 1 is 1.24 bits per heavy atom. The lowest BCUT2D eigenvalue weighted by Gasteiger charge is -2.23. The number of benzene rings is 1. The summed E-state index contributed by atoms with van der Waals surface area (Å²) in [6, 6.07) is 4.61. The Labute approximate surface area is 137 Å². The molecule has 2 rings (SSSR count). The molecule has 4 nitrogen and oxygen atoms in total. The molecule has 1 aliphatic carbocycles. The van der Waals surface area contributed by atoms with Crippen LogP contribution in [-0.4, -0.2) is 23.0 Å². The quantitative estimate of drug-likeness (QED) is 0.789. The first-order valence-electron chi connectivity index (χ1n) is 6.98. The lowest BCUT2D eigenvalue weighted by Crippen LogP contribution is -2.42. The Morgan fingerprint density at radius 2 is 1.95 bits per heavy atom. The number of nitrogens with one attached hydrogen (secondary N) is 1. The van der Waals surface area contributed by atoms with Crippen LogP contribution < -0.4 is 5.32 Å². The Morgan fingerprint density at radius 3 is 2.62 bits per heavy atom. The van der Waals surface area contributed by atoms with Crippen LogP contribution in [0.25, 0.3) is 0 Å². The van der Waals surface area contributed by atoms with Gasteiger partial charge in [0, 0.05) is 15.5 Å². The Bertz CT molecular complexity index is 550. The van der Waals surface area contributed by atoms with Crippen molar-refractivity contribution in [2.75, 3.05) is 0 Å². The molecule has 1 saturated carbocycles. The summed E-state index contributed by atoms with van der Waals surface area (Å²) in [6.07, 6.45) is 4.17. The topological polar surface area (TPSA) is 66.4 Å². The van der Waals surface area contributed by atoms with Gasteiger partial charge >= 0.3 is 5.97 Å². The maximum absolute atomic E-state index is 12.3. The number of hydrogen-bond acceptors (Lipinski definition) is 2. The van der Waals surface area contributed by atoms with E-state index in [-0.39, 0.29) is 11.9 Å². The molecule has 114 valence electrons. The van der Waals surface area contributed by atoms with Crippen molar-refractivity contribution in [1.29, 1.82) is 0 Å². The molecule has 0 heterocycles. The number of aliphatic carboxylic acids is 1. The van der Waals surface area contributed by atoms with Crippen LogP contribution in [-0.2, 0) is 4.79 Å². The zero-order valence-corrected chi connectivity index (χ0v) is 13.8. The zero-order chi connectivity index (χ0) is 15.4. The second-order valence-corrected chi connectivity index (χ2v) is 6.58. The Hall–Kier alpha value is -1.07. The molecule has 0 radical (unpaired) electrons. The summed E-state index contributed by atoms with van der Waals surface area (Å²) in [5, 5.41) is 12.7. The average molecular weight is 375 g/mol. The molecule has 0 bridgehead atoms. The van der Waals surface area contributed by atoms with Gasteiger partial charge in [0.15, 0.2) is 0 Å². The molecule has 21 heavy (non-hydrogen) atoms. The molecule has 2 unspecified atom stereocenters. The molecule has 0 spiro atoms. The summed E-state index contributed by atoms with van der Waals surface area (Å²) in [5.74, 6) is -1.61. The van der Waals surface area contributed by atoms with Gasteiger partial charge in [-0.1, -0.05) is 30.9 Å². The molecule has 1 aromatic carbocycles. The van der Waals surface area contributed by atoms with Crippen LogP contribution in [0.5, 0.6) is 0 Å². The van der Waals surface area contributed by atoms with E-state index in [1.54, 1.807) is 18.2 Å². The normalized spacial score (nSPS) is 22.4. The van der Waals surface area contributed by atoms with Gasteiger partial charge in [-0.2, -0.15) is 0 Å². The number of amides is 1. The highest BCUT2D eigenvalue weighted by Gasteiger charge is 2.31. The summed E-state index contributed by atoms with van der Waals surface area (Å²) < 4.78 is 0.605. The van der Waals surface area contributed by atoms with E-state index < -0.39 is 11.9 Å². The fourth-order valence-corrected chi connectivity index (χ4v) is 3.56. The lowest BCUT2D eigenvalue weighted by molar-refractivity contribution is -0.142. The maximum Gasteiger partial charge on any atom is 0.308 e. The number of carboxylic acid groups (broad SMARTS) is 1. The highest BCUT2D eigenvalue weighted by Crippen LogP contribution is 2.26. The monoisotopic (exact) mass is 373 g/mol. The third-order valence-corrected chi connectivity index (χ3v) is 4.72. The Kier molecular flexibility index (Phi) is 5.65. The zero-order valence-electron chi connectivity index (χ0n) is 11.4. The van der Waals surface area contributed by atoms with Crippen molar-refractivity contribution in [3.63, 3.8) is 0 Å². The molecule has 1 fully saturated rings. The molecule has 2 N–H and O–H groups in total. The molecule has 6 heteroatoms. The minimum absolute atomic E-state index is 0.267. The number of carbonyl (C=O) groups excluding carboxylic acids is 1. The summed E-state index contributed by atoms with van der Waals surface area (Å²) in [4.78, 5) is 23.7. The van der Waals surface area contributed by atoms with Crippen molar-refractivity contribution in [2.24, 2.45) is 5.92 Å². The van der Waals surface area contributed by atoms with Crippen molar-refractivity contribution in [3.8, 4) is 0 Å². The van der Waals surface area contributed by atoms with Gasteiger partial charge in [-0.25, -0.2) is 0 Å². The van der Waals surface area contributed by atoms with Gasteiger partial charge in [-0.3, -0.25) is 9.59 Å². The summed E-state index contributed by atoms with van der Waals surface area (Å²) in [7, 11) is 0. The van der Waals surface area contributed by atoms with Crippen LogP contribution in [0, 0.1) is 5.92 Å². The highest BCUT2D eigenvalue weighted by molar-refractivity contribution is 9.10. The number of carboxylic acids is 1. The van der Waals surface area contributed by atoms with E-state index in [1.807, 2.05) is 0 Å². The van der Waals surface area contributed by atoms with Crippen molar-refractivity contribution in [2.45, 2.75) is 38.1 Å². The molecule has 1 aliphatic rings. The second kappa shape index (κ2) is 7.27. The van der Waals surface area contributed by atoms with E-state index in [4.69, 9.17) is 11.6 Å². The third kappa shape index (κ3) is 4.20. The van der Waals surface area contributed by atoms with Gasteiger partial charge in [-0.15, -0.1) is 0 Å². The first-order chi connectivity index (χ1) is 9.99. The molecular weight excluding hydrogens is 358 g/mol. The number of rotatable bonds is 3. The van der Waals surface area contributed by atoms with Crippen LogP contribution >= 0.6 is 27.5 Å². The third-order valence-electron chi connectivity index (χ3n) is 3.83. The first-order valence-corrected chi connectivity index (χ1v) is 8.15. The maximum atomic E-state index is 12.3. The van der Waals surface area contributed by atoms with Crippen LogP contribution in [0.4, 0.5) is 0 Å². The molecule has 0 saturated heterocycles. The molecule has 1 amide bonds. The average Bonchev–Trinajstić information content (AvgIpc) is 2.63. The fourth-order valence-electron chi connectivity index (χ4n) is 2.70. The van der Waals surface area contributed by atoms with Crippen LogP contribution in [0.15, 0.2) is 22.7 Å². The van der Waals surface area contributed by atoms with Gasteiger partial charge in [0.2, 0.25) is 0 Å². The largest absolute Gasteiger partial charge is 0.481 e. The van der Waals surface area contributed by atoms with E-state index in [0.717, 1.165) is 19.3 Å². The van der Waals surface area contributed by atoms with Crippen molar-refractivity contribution in [1.82, 2.24) is 5.32 Å². The standard InChI is InChI=1S/C15H17BrClNO3/c16-12-8-9(17)6-7-10(12)14(19)18-13-5-3-1-2-4-11(13)15(20)21/h6-8,11,13H,1-5H2,(H,18,19)(H,20,21). The fraction of sp³-hybridized carbons (Fsp3) is 0.467. The van der Waals surface area contributed by atoms with Gasteiger partial charge in [-0.05, 0) is 47.0 Å². The SMILES string of the molecule is O=C(NC1CCCCCC1C(=O)O)c1ccc(Cl)cc1Br. The highest BCUT2D eigenvalue weighted by atomic mass is 79.9. The minimum atomic E-state index is -0.836. The smallest absolute Gasteiger partial charge is 0.308 e. The summed E-state index contributed by atoms with van der Waals surface area (Å²) in [6.45, 7) is 0. The number of hydrogen-bond donors (Lipinski definition) is 2. The van der Waals surface area contributed by atoms with Crippen molar-refractivity contribution in [3.05, 3.63) is 33.3 Å². The number of carbonyl (C=O) groups is 2. The van der Waals surface area contributed by atoms with E-state index >= 15 is 0 Å². The predicted octanol–water partition coefficient (Wildman–Crippen LogP) is 3.87. The molecule has 1 aromatic rings. The van der Waals surface area contributed by atoms with Crippen molar-refractivity contribution >= 4 is 39.4 Å². The summed E-state index contributed by atoms with van der Waals surface area (Å²) >= 11 is 9.17. The van der Waals surface area contributed by atoms with E-state index in [0.29, 0.717) is 27.9 Å². The molecular formula is C15H17BrClNO3. The molecule has 0 aliphatic heterocycles. The predicted molar refractivity (Wildman–Crippen MR) is 84.6 cm³/mol. The van der Waals surface area contributed by atoms with Crippen LogP contribution in [0.2, 0.25) is 5.02 Å². The van der Waals surface area contributed by atoms with Crippen LogP contribution in [0.3, 0.4) is 0 Å². The van der Waals surface area contributed by atoms with E-state index in [9.17, 15) is 14.7 Å². The van der Waals surface area contributed by atoms with E-state index in [1.165, 1.54) is 0 Å². The summed E-state index contributed by atoms with van der Waals surface area (Å²) in [5.41, 5.74) is 0.466. The van der Waals surface area contributed by atoms with Gasteiger partial charge in [0.25, 0.3) is 5.91 Å². The van der Waals surface area contributed by atoms with Gasteiger partial charge < -0.3 is 10.4 Å². The second-order valence-electron chi connectivity index (χ2n) is 5.29.